The van der Waals surface area contributed by atoms with E-state index in [0.717, 1.165) is 25.0 Å². The molecule has 0 aromatic heterocycles. The van der Waals surface area contributed by atoms with Gasteiger partial charge in [-0.15, -0.1) is 0 Å². The molecule has 1 rings (SSSR count). The summed E-state index contributed by atoms with van der Waals surface area (Å²) in [5.74, 6) is -0.161. The molecule has 102 valence electrons. The first-order valence-electron chi connectivity index (χ1n) is 6.02. The molecular formula is C14H14F3NO. The maximum Gasteiger partial charge on any atom is 0.416 e. The van der Waals surface area contributed by atoms with Crippen molar-refractivity contribution in [3.8, 4) is 6.07 Å². The maximum atomic E-state index is 12.3. The molecule has 0 N–H and O–H groups in total. The Morgan fingerprint density at radius 3 is 2.26 bits per heavy atom. The van der Waals surface area contributed by atoms with Crippen LogP contribution in [0.15, 0.2) is 24.3 Å². The number of Topliss-reactive ketones (excluding diaryl/α,β-unsaturated/α-hetero) is 1. The molecule has 0 saturated heterocycles. The van der Waals surface area contributed by atoms with E-state index in [1.165, 1.54) is 12.1 Å². The second kappa shape index (κ2) is 6.93. The van der Waals surface area contributed by atoms with Crippen molar-refractivity contribution in [3.05, 3.63) is 35.4 Å². The number of carbonyl (C=O) groups excluding carboxylic acids is 1. The van der Waals surface area contributed by atoms with Crippen LogP contribution in [-0.4, -0.2) is 5.78 Å². The van der Waals surface area contributed by atoms with Gasteiger partial charge in [-0.1, -0.05) is 18.6 Å². The van der Waals surface area contributed by atoms with Crippen molar-refractivity contribution >= 4 is 5.78 Å². The SMILES string of the molecule is N#CCCCCCC(=O)c1ccc(C(F)(F)F)cc1. The average Bonchev–Trinajstić information content (AvgIpc) is 2.37. The summed E-state index contributed by atoms with van der Waals surface area (Å²) in [6, 6.07) is 6.27. The Morgan fingerprint density at radius 2 is 1.74 bits per heavy atom. The third kappa shape index (κ3) is 5.12. The Balaban J connectivity index is 2.48. The summed E-state index contributed by atoms with van der Waals surface area (Å²) in [4.78, 5) is 11.7. The van der Waals surface area contributed by atoms with Crippen LogP contribution in [0.2, 0.25) is 0 Å². The van der Waals surface area contributed by atoms with E-state index in [1.54, 1.807) is 0 Å². The van der Waals surface area contributed by atoms with Gasteiger partial charge in [-0.3, -0.25) is 4.79 Å². The van der Waals surface area contributed by atoms with E-state index in [2.05, 4.69) is 0 Å². The van der Waals surface area contributed by atoms with E-state index in [9.17, 15) is 18.0 Å². The van der Waals surface area contributed by atoms with Crippen LogP contribution in [0.5, 0.6) is 0 Å². The van der Waals surface area contributed by atoms with Crippen molar-refractivity contribution in [2.24, 2.45) is 0 Å². The van der Waals surface area contributed by atoms with E-state index >= 15 is 0 Å². The van der Waals surface area contributed by atoms with Gasteiger partial charge in [-0.25, -0.2) is 0 Å². The normalized spacial score (nSPS) is 11.1. The minimum Gasteiger partial charge on any atom is -0.294 e. The minimum absolute atomic E-state index is 0.161. The van der Waals surface area contributed by atoms with E-state index in [0.29, 0.717) is 24.8 Å². The summed E-state index contributed by atoms with van der Waals surface area (Å²) < 4.78 is 37.0. The van der Waals surface area contributed by atoms with Crippen molar-refractivity contribution in [1.82, 2.24) is 0 Å². The van der Waals surface area contributed by atoms with Crippen LogP contribution in [0.3, 0.4) is 0 Å². The molecular weight excluding hydrogens is 255 g/mol. The summed E-state index contributed by atoms with van der Waals surface area (Å²) in [5, 5.41) is 8.34. The molecule has 0 aliphatic rings. The molecule has 0 heterocycles. The standard InChI is InChI=1S/C14H14F3NO/c15-14(16,17)12-8-6-11(7-9-12)13(19)5-3-1-2-4-10-18/h6-9H,1-5H2. The van der Waals surface area contributed by atoms with Crippen LogP contribution >= 0.6 is 0 Å². The second-order valence-corrected chi connectivity index (χ2v) is 4.22. The first-order chi connectivity index (χ1) is 8.95. The number of carbonyl (C=O) groups is 1. The van der Waals surface area contributed by atoms with Crippen LogP contribution in [0, 0.1) is 11.3 Å². The van der Waals surface area contributed by atoms with Crippen molar-refractivity contribution < 1.29 is 18.0 Å². The highest BCUT2D eigenvalue weighted by Crippen LogP contribution is 2.29. The lowest BCUT2D eigenvalue weighted by molar-refractivity contribution is -0.137. The fourth-order valence-corrected chi connectivity index (χ4v) is 1.66. The summed E-state index contributed by atoms with van der Waals surface area (Å²) in [5.41, 5.74) is -0.452. The van der Waals surface area contributed by atoms with Gasteiger partial charge >= 0.3 is 6.18 Å². The number of halogens is 3. The average molecular weight is 269 g/mol. The monoisotopic (exact) mass is 269 g/mol. The van der Waals surface area contributed by atoms with Crippen LogP contribution in [-0.2, 0) is 6.18 Å². The van der Waals surface area contributed by atoms with Crippen molar-refractivity contribution in [3.63, 3.8) is 0 Å². The Labute approximate surface area is 109 Å². The van der Waals surface area contributed by atoms with Gasteiger partial charge in [0.15, 0.2) is 5.78 Å². The number of unbranched alkanes of at least 4 members (excludes halogenated alkanes) is 3. The largest absolute Gasteiger partial charge is 0.416 e. The third-order valence-electron chi connectivity index (χ3n) is 2.73. The number of hydrogen-bond donors (Lipinski definition) is 0. The van der Waals surface area contributed by atoms with Crippen LogP contribution in [0.25, 0.3) is 0 Å². The van der Waals surface area contributed by atoms with Gasteiger partial charge in [0.1, 0.15) is 0 Å². The molecule has 19 heavy (non-hydrogen) atoms. The molecule has 5 heteroatoms. The third-order valence-corrected chi connectivity index (χ3v) is 2.73. The molecule has 1 aromatic carbocycles. The fourth-order valence-electron chi connectivity index (χ4n) is 1.66. The van der Waals surface area contributed by atoms with Gasteiger partial charge in [-0.2, -0.15) is 18.4 Å². The number of benzene rings is 1. The van der Waals surface area contributed by atoms with Gasteiger partial charge in [0, 0.05) is 18.4 Å². The van der Waals surface area contributed by atoms with Gasteiger partial charge < -0.3 is 0 Å². The highest BCUT2D eigenvalue weighted by atomic mass is 19.4. The lowest BCUT2D eigenvalue weighted by Crippen LogP contribution is -2.06. The zero-order chi connectivity index (χ0) is 14.3. The molecule has 0 atom stereocenters. The Hall–Kier alpha value is -1.83. The molecule has 0 spiro atoms. The molecule has 2 nitrogen and oxygen atoms in total. The minimum atomic E-state index is -4.38. The number of nitriles is 1. The summed E-state index contributed by atoms with van der Waals surface area (Å²) in [7, 11) is 0. The Kier molecular flexibility index (Phi) is 5.56. The van der Waals surface area contributed by atoms with Crippen molar-refractivity contribution in [2.75, 3.05) is 0 Å². The number of rotatable bonds is 6. The summed E-state index contributed by atoms with van der Waals surface area (Å²) >= 11 is 0. The molecule has 0 unspecified atom stereocenters. The van der Waals surface area contributed by atoms with Gasteiger partial charge in [0.05, 0.1) is 11.6 Å². The quantitative estimate of drug-likeness (QED) is 0.568. The number of nitrogens with zero attached hydrogens (tertiary/aromatic N) is 1. The molecule has 0 amide bonds. The molecule has 0 aliphatic carbocycles. The number of ketones is 1. The molecule has 0 bridgehead atoms. The molecule has 0 fully saturated rings. The second-order valence-electron chi connectivity index (χ2n) is 4.22. The van der Waals surface area contributed by atoms with Crippen molar-refractivity contribution in [2.45, 2.75) is 38.3 Å². The Bertz CT molecular complexity index is 457. The van der Waals surface area contributed by atoms with Crippen LogP contribution in [0.4, 0.5) is 13.2 Å². The maximum absolute atomic E-state index is 12.3. The molecule has 1 aromatic rings. The Morgan fingerprint density at radius 1 is 1.11 bits per heavy atom. The predicted octanol–water partition coefficient (Wildman–Crippen LogP) is 4.36. The van der Waals surface area contributed by atoms with Gasteiger partial charge in [0.25, 0.3) is 0 Å². The van der Waals surface area contributed by atoms with Crippen LogP contribution < -0.4 is 0 Å². The summed E-state index contributed by atoms with van der Waals surface area (Å²) in [6.07, 6.45) is -1.43. The van der Waals surface area contributed by atoms with Gasteiger partial charge in [-0.05, 0) is 25.0 Å². The van der Waals surface area contributed by atoms with Gasteiger partial charge in [0.2, 0.25) is 0 Å². The highest BCUT2D eigenvalue weighted by molar-refractivity contribution is 5.96. The van der Waals surface area contributed by atoms with E-state index in [-0.39, 0.29) is 5.78 Å². The first kappa shape index (κ1) is 15.2. The van der Waals surface area contributed by atoms with E-state index in [1.807, 2.05) is 6.07 Å². The molecule has 0 aliphatic heterocycles. The number of alkyl halides is 3. The zero-order valence-electron chi connectivity index (χ0n) is 10.3. The highest BCUT2D eigenvalue weighted by Gasteiger charge is 2.30. The van der Waals surface area contributed by atoms with Crippen LogP contribution in [0.1, 0.15) is 48.0 Å². The molecule has 0 radical (unpaired) electrons. The van der Waals surface area contributed by atoms with Crippen molar-refractivity contribution in [1.29, 1.82) is 5.26 Å². The number of hydrogen-bond acceptors (Lipinski definition) is 2. The fraction of sp³-hybridized carbons (Fsp3) is 0.429. The smallest absolute Gasteiger partial charge is 0.294 e. The molecule has 0 saturated carbocycles. The lowest BCUT2D eigenvalue weighted by Gasteiger charge is -2.07. The van der Waals surface area contributed by atoms with E-state index in [4.69, 9.17) is 5.26 Å². The predicted molar refractivity (Wildman–Crippen MR) is 64.5 cm³/mol. The first-order valence-corrected chi connectivity index (χ1v) is 6.02. The zero-order valence-corrected chi connectivity index (χ0v) is 10.3. The topological polar surface area (TPSA) is 40.9 Å². The summed E-state index contributed by atoms with van der Waals surface area (Å²) in [6.45, 7) is 0. The lowest BCUT2D eigenvalue weighted by atomic mass is 10.0. The van der Waals surface area contributed by atoms with E-state index < -0.39 is 11.7 Å².